The first-order valence-corrected chi connectivity index (χ1v) is 20.1. The van der Waals surface area contributed by atoms with Crippen LogP contribution in [0, 0.1) is 77.2 Å². The van der Waals surface area contributed by atoms with Gasteiger partial charge in [0.05, 0.1) is 53.8 Å². The standard InChI is InChI=1S/4C7H6O6S.C2H2O4.20H2O.2Tb/c4*8-5-3-4(7(9)10)1-2-6(5)14(11,12)13;3-1(4)2(5)6;;;;;;;;;;;;;;;;;;;;;;/h4*1-3,8H,(H,9,10)(H,11,12,13);(H,3,4)(H,5,6);20*1H2;;/q;;;;;;;;;;;;;;;;;;;;;;;;;2*+3/p+6. The summed E-state index contributed by atoms with van der Waals surface area (Å²) in [6.45, 7) is 0. The van der Waals surface area contributed by atoms with Crippen molar-refractivity contribution < 1.29 is 318 Å². The van der Waals surface area contributed by atoms with Crippen LogP contribution in [0.3, 0.4) is 0 Å². The first-order chi connectivity index (χ1) is 27.9. The second-order valence-corrected chi connectivity index (χ2v) is 15.7. The van der Waals surface area contributed by atoms with Gasteiger partial charge < -0.3 is 188 Å². The van der Waals surface area contributed by atoms with E-state index in [0.29, 0.717) is 24.3 Å². The molecule has 0 amide bonds. The molecule has 0 saturated carbocycles. The summed E-state index contributed by atoms with van der Waals surface area (Å²) in [5, 5.41) is 87.8. The predicted octanol–water partition coefficient (Wildman–Crippen LogP) is -21.2. The number of carbonyl (C=O) groups excluding carboxylic acids is 2. The van der Waals surface area contributed by atoms with E-state index < -0.39 is 119 Å². The number of hydrogen-bond acceptors (Lipinski definition) is 24. The number of benzene rings is 4. The van der Waals surface area contributed by atoms with Gasteiger partial charge in [-0.25, -0.2) is 52.8 Å². The number of aliphatic carboxylic acids is 2. The molecule has 0 bridgehead atoms. The van der Waals surface area contributed by atoms with Crippen molar-refractivity contribution >= 4 is 76.3 Å². The number of rotatable bonds is 8. The minimum Gasteiger partial charge on any atom is -0.744 e. The number of carbonyl (C=O) groups is 6. The molecule has 0 aliphatic heterocycles. The Balaban J connectivity index is -0.0000000251. The van der Waals surface area contributed by atoms with Gasteiger partial charge in [0.25, 0.3) is 0 Å². The molecule has 4 aromatic carbocycles. The molecule has 0 aromatic heterocycles. The van der Waals surface area contributed by atoms with Gasteiger partial charge in [-0.15, -0.1) is 0 Å². The number of aromatic carboxylic acids is 4. The molecule has 0 aliphatic rings. The number of aromatic hydroxyl groups is 4. The van der Waals surface area contributed by atoms with E-state index in [-0.39, 0.29) is 209 Å². The first kappa shape index (κ1) is 153. The third kappa shape index (κ3) is 53.1. The Morgan fingerprint density at radius 2 is 0.393 bits per heavy atom. The van der Waals surface area contributed by atoms with Gasteiger partial charge in [0.15, 0.2) is 0 Å². The van der Waals surface area contributed by atoms with Crippen molar-refractivity contribution in [2.24, 2.45) is 0 Å². The van der Waals surface area contributed by atoms with Gasteiger partial charge in [0.1, 0.15) is 63.5 Å². The van der Waals surface area contributed by atoms with Crippen molar-refractivity contribution in [3.05, 3.63) is 95.1 Å². The summed E-state index contributed by atoms with van der Waals surface area (Å²) >= 11 is 0. The molecule has 510 valence electrons. The molecule has 0 atom stereocenters. The van der Waals surface area contributed by atoms with Gasteiger partial charge >= 0.3 is 101 Å². The average Bonchev–Trinajstić information content (AvgIpc) is 3.10. The van der Waals surface area contributed by atoms with Crippen LogP contribution >= 0.6 is 0 Å². The van der Waals surface area contributed by atoms with Crippen molar-refractivity contribution in [1.29, 1.82) is 0 Å². The molecule has 0 heterocycles. The van der Waals surface area contributed by atoms with Crippen LogP contribution in [0.25, 0.3) is 0 Å². The topological polar surface area (TPSA) is 1190 Å². The fraction of sp³-hybridized carbons (Fsp3) is 0. The van der Waals surface area contributed by atoms with E-state index in [1.54, 1.807) is 0 Å². The average molecular weight is 1650 g/mol. The maximum atomic E-state index is 10.5. The van der Waals surface area contributed by atoms with E-state index in [2.05, 4.69) is 0 Å². The quantitative estimate of drug-likeness (QED) is 0.0461. The fourth-order valence-electron chi connectivity index (χ4n) is 3.45. The van der Waals surface area contributed by atoms with Crippen LogP contribution in [0.15, 0.2) is 92.4 Å². The SMILES string of the molecule is O.O.O.O.O.O.O.O.O=C(O)c1ccc(S(=O)(=O)[O-])c(O)c1.O=C(O)c1ccc(S(=O)(=O)[O-])c(O)c1.O=C(O)c1ccc(S(=O)(=O)[O-])c(O)c1.O=C(O)c1ccc(S(=O)(=O)[O-])c(O)c1.O=C([O-])C(=O)[O-].[OH3+].[OH3+].[OH3+].[OH3+].[OH3+].[OH3+].[OH3+].[OH3+].[OH3+].[OH3+].[OH3+].[OH3+].[Tb+3].[Tb+3]. The molecule has 4 rings (SSSR count). The zero-order chi connectivity index (χ0) is 48.9. The Hall–Kier alpha value is -5.69. The van der Waals surface area contributed by atoms with Crippen molar-refractivity contribution in [2.75, 3.05) is 0 Å². The van der Waals surface area contributed by atoms with Crippen LogP contribution in [0.4, 0.5) is 0 Å². The van der Waals surface area contributed by atoms with Gasteiger partial charge in [-0.3, -0.25) is 0 Å². The molecule has 4 aromatic rings. The summed E-state index contributed by atoms with van der Waals surface area (Å²) < 4.78 is 126. The Bertz CT molecular complexity index is 2500. The molecule has 60 N–H and O–H groups in total. The van der Waals surface area contributed by atoms with Crippen LogP contribution in [0.1, 0.15) is 41.4 Å². The Labute approximate surface area is 528 Å². The fourth-order valence-corrected chi connectivity index (χ4v) is 5.65. The Morgan fingerprint density at radius 3 is 0.452 bits per heavy atom. The summed E-state index contributed by atoms with van der Waals surface area (Å²) in [4.78, 5) is 56.0. The summed E-state index contributed by atoms with van der Waals surface area (Å²) in [6, 6.07) is 9.50. The smallest absolute Gasteiger partial charge is 0.744 e. The van der Waals surface area contributed by atoms with E-state index in [0.717, 1.165) is 48.5 Å². The second kappa shape index (κ2) is 63.3. The first-order valence-electron chi connectivity index (χ1n) is 14.4. The van der Waals surface area contributed by atoms with Crippen molar-refractivity contribution in [2.45, 2.75) is 19.6 Å². The molecule has 0 aliphatic carbocycles. The summed E-state index contributed by atoms with van der Waals surface area (Å²) in [6.07, 6.45) is 0. The molecule has 84 heavy (non-hydrogen) atoms. The third-order valence-electron chi connectivity index (χ3n) is 6.07. The number of phenols is 4. The number of carboxylic acids is 6. The molecule has 0 radical (unpaired) electrons. The maximum absolute atomic E-state index is 10.5. The summed E-state index contributed by atoms with van der Waals surface area (Å²) in [7, 11) is -19.1. The molecular weight excluding hydrogens is 1570 g/mol. The van der Waals surface area contributed by atoms with Crippen LogP contribution < -0.4 is 10.2 Å². The van der Waals surface area contributed by atoms with Gasteiger partial charge in [-0.05, 0) is 72.8 Å². The van der Waals surface area contributed by atoms with Crippen LogP contribution in [0.2, 0.25) is 0 Å². The van der Waals surface area contributed by atoms with Crippen molar-refractivity contribution in [1.82, 2.24) is 0 Å². The predicted molar refractivity (Wildman–Crippen MR) is 269 cm³/mol. The van der Waals surface area contributed by atoms with Crippen molar-refractivity contribution in [3.63, 3.8) is 0 Å². The zero-order valence-electron chi connectivity index (χ0n) is 40.9. The Kier molecular flexibility index (Phi) is 115. The second-order valence-electron chi connectivity index (χ2n) is 10.3. The van der Waals surface area contributed by atoms with Crippen LogP contribution in [0.5, 0.6) is 23.0 Å². The van der Waals surface area contributed by atoms with E-state index >= 15 is 0 Å². The molecule has 0 unspecified atom stereocenters. The largest absolute Gasteiger partial charge is 3.00 e. The zero-order valence-corrected chi connectivity index (χ0v) is 48.4. The van der Waals surface area contributed by atoms with Gasteiger partial charge in [0, 0.05) is 0 Å². The minimum atomic E-state index is -4.77. The molecule has 0 spiro atoms. The van der Waals surface area contributed by atoms with Crippen LogP contribution in [-0.2, 0) is 116 Å². The Morgan fingerprint density at radius 1 is 0.286 bits per heavy atom. The molecule has 0 saturated heterocycles. The van der Waals surface area contributed by atoms with E-state index in [4.69, 9.17) is 60.7 Å². The molecule has 54 heteroatoms. The molecular formula is C30H72O48S4Tb2+12. The van der Waals surface area contributed by atoms with Crippen LogP contribution in [-0.4, -0.2) is 172 Å². The molecule has 48 nitrogen and oxygen atoms in total. The summed E-state index contributed by atoms with van der Waals surface area (Å²) in [5.74, 6) is -13.1. The van der Waals surface area contributed by atoms with E-state index in [1.807, 2.05) is 0 Å². The van der Waals surface area contributed by atoms with E-state index in [1.165, 1.54) is 0 Å². The molecule has 0 fully saturated rings. The normalized spacial score (nSPS) is 8.00. The number of hydrogen-bond donors (Lipinski definition) is 8. The van der Waals surface area contributed by atoms with Gasteiger partial charge in [-0.2, -0.15) is 0 Å². The number of carboxylic acid groups (broad SMARTS) is 6. The summed E-state index contributed by atoms with van der Waals surface area (Å²) in [5.41, 5.74) is -1.19. The monoisotopic (exact) mass is 1650 g/mol. The minimum absolute atomic E-state index is 0. The van der Waals surface area contributed by atoms with Crippen molar-refractivity contribution in [3.8, 4) is 23.0 Å². The van der Waals surface area contributed by atoms with E-state index in [9.17, 15) is 71.1 Å². The third-order valence-corrected chi connectivity index (χ3v) is 9.60. The number of phenolic OH excluding ortho intramolecular Hbond substituents is 4. The van der Waals surface area contributed by atoms with Gasteiger partial charge in [-0.1, -0.05) is 0 Å². The maximum Gasteiger partial charge on any atom is 3.00 e. The van der Waals surface area contributed by atoms with Gasteiger partial charge in [0.2, 0.25) is 0 Å².